The Morgan fingerprint density at radius 1 is 1.04 bits per heavy atom. The van der Waals surface area contributed by atoms with E-state index in [2.05, 4.69) is 17.6 Å². The van der Waals surface area contributed by atoms with Gasteiger partial charge in [-0.3, -0.25) is 4.79 Å². The molecule has 0 bridgehead atoms. The average Bonchev–Trinajstić information content (AvgIpc) is 3.26. The van der Waals surface area contributed by atoms with Crippen molar-refractivity contribution in [3.8, 4) is 0 Å². The number of nitrogens with one attached hydrogen (secondary N) is 2. The largest absolute Gasteiger partial charge is 0.347 e. The summed E-state index contributed by atoms with van der Waals surface area (Å²) in [7, 11) is 0. The number of carbonyl (C=O) groups excluding carboxylic acids is 2. The van der Waals surface area contributed by atoms with Crippen LogP contribution >= 0.6 is 0 Å². The van der Waals surface area contributed by atoms with Crippen LogP contribution in [0.4, 0.5) is 4.79 Å². The molecule has 0 unspecified atom stereocenters. The Morgan fingerprint density at radius 3 is 2.28 bits per heavy atom. The maximum Gasteiger partial charge on any atom is 0.315 e. The lowest BCUT2D eigenvalue weighted by molar-refractivity contribution is -0.188. The highest BCUT2D eigenvalue weighted by molar-refractivity contribution is 5.91. The Bertz CT molecular complexity index is 475. The molecular weight excluding hydrogens is 322 g/mol. The molecule has 1 spiro atoms. The van der Waals surface area contributed by atoms with E-state index in [9.17, 15) is 9.59 Å². The van der Waals surface area contributed by atoms with E-state index in [1.54, 1.807) is 0 Å². The first-order valence-electron chi connectivity index (χ1n) is 9.72. The molecule has 2 heterocycles. The highest BCUT2D eigenvalue weighted by Crippen LogP contribution is 2.35. The van der Waals surface area contributed by atoms with Gasteiger partial charge in [0.2, 0.25) is 5.91 Å². The smallest absolute Gasteiger partial charge is 0.315 e. The van der Waals surface area contributed by atoms with Gasteiger partial charge in [0.25, 0.3) is 0 Å². The summed E-state index contributed by atoms with van der Waals surface area (Å²) in [6.07, 6.45) is 6.79. The van der Waals surface area contributed by atoms with Gasteiger partial charge in [0.15, 0.2) is 5.79 Å². The van der Waals surface area contributed by atoms with Gasteiger partial charge in [-0.25, -0.2) is 4.79 Å². The highest BCUT2D eigenvalue weighted by Gasteiger charge is 2.48. The fourth-order valence-corrected chi connectivity index (χ4v) is 4.15. The molecule has 0 aromatic heterocycles. The second-order valence-electron chi connectivity index (χ2n) is 7.42. The number of hydrogen-bond acceptors (Lipinski definition) is 4. The molecule has 3 amide bonds. The van der Waals surface area contributed by atoms with E-state index < -0.39 is 11.3 Å². The zero-order chi connectivity index (χ0) is 17.8. The number of amides is 3. The van der Waals surface area contributed by atoms with Crippen molar-refractivity contribution < 1.29 is 19.1 Å². The molecule has 0 aromatic rings. The van der Waals surface area contributed by atoms with Gasteiger partial charge in [-0.05, 0) is 19.3 Å². The van der Waals surface area contributed by atoms with Crippen molar-refractivity contribution in [3.63, 3.8) is 0 Å². The van der Waals surface area contributed by atoms with E-state index in [-0.39, 0.29) is 11.9 Å². The van der Waals surface area contributed by atoms with Gasteiger partial charge in [-0.1, -0.05) is 26.2 Å². The number of ether oxygens (including phenoxy) is 2. The van der Waals surface area contributed by atoms with Gasteiger partial charge >= 0.3 is 6.03 Å². The van der Waals surface area contributed by atoms with E-state index in [4.69, 9.17) is 9.47 Å². The first-order valence-corrected chi connectivity index (χ1v) is 9.72. The molecule has 0 aromatic carbocycles. The average molecular weight is 353 g/mol. The molecule has 25 heavy (non-hydrogen) atoms. The molecule has 142 valence electrons. The van der Waals surface area contributed by atoms with Crippen LogP contribution in [0.3, 0.4) is 0 Å². The molecule has 1 aliphatic carbocycles. The van der Waals surface area contributed by atoms with Gasteiger partial charge in [0.05, 0.1) is 13.2 Å². The van der Waals surface area contributed by atoms with Gasteiger partial charge in [-0.15, -0.1) is 0 Å². The van der Waals surface area contributed by atoms with E-state index >= 15 is 0 Å². The number of urea groups is 1. The zero-order valence-electron chi connectivity index (χ0n) is 15.3. The molecule has 2 saturated heterocycles. The minimum atomic E-state index is -0.738. The minimum Gasteiger partial charge on any atom is -0.347 e. The van der Waals surface area contributed by atoms with Crippen LogP contribution in [0, 0.1) is 0 Å². The highest BCUT2D eigenvalue weighted by atomic mass is 16.7. The third-order valence-electron chi connectivity index (χ3n) is 5.66. The van der Waals surface area contributed by atoms with Crippen molar-refractivity contribution in [2.75, 3.05) is 32.8 Å². The van der Waals surface area contributed by atoms with Crippen molar-refractivity contribution in [3.05, 3.63) is 0 Å². The Labute approximate surface area is 149 Å². The zero-order valence-corrected chi connectivity index (χ0v) is 15.3. The summed E-state index contributed by atoms with van der Waals surface area (Å²) in [4.78, 5) is 27.3. The summed E-state index contributed by atoms with van der Waals surface area (Å²) in [6.45, 7) is 5.25. The maximum absolute atomic E-state index is 13.2. The van der Waals surface area contributed by atoms with E-state index in [1.807, 2.05) is 4.90 Å². The Balaban J connectivity index is 1.58. The van der Waals surface area contributed by atoms with Crippen molar-refractivity contribution >= 4 is 11.9 Å². The van der Waals surface area contributed by atoms with Gasteiger partial charge in [-0.2, -0.15) is 0 Å². The van der Waals surface area contributed by atoms with Crippen LogP contribution in [0.2, 0.25) is 0 Å². The third kappa shape index (κ3) is 4.08. The van der Waals surface area contributed by atoms with Crippen LogP contribution in [-0.4, -0.2) is 61.0 Å². The second kappa shape index (κ2) is 7.91. The summed E-state index contributed by atoms with van der Waals surface area (Å²) in [5.74, 6) is -0.423. The standard InChI is InChI=1S/C18H31N3O4/c1-2-3-10-19-16(23)20-17(6-4-5-7-17)15(22)21-11-8-18(9-12-21)24-13-14-25-18/h2-14H2,1H3,(H2,19,20,23). The number of piperidine rings is 1. The first kappa shape index (κ1) is 18.5. The summed E-state index contributed by atoms with van der Waals surface area (Å²) in [5.41, 5.74) is -0.738. The summed E-state index contributed by atoms with van der Waals surface area (Å²) in [5, 5.41) is 5.88. The molecule has 0 atom stereocenters. The van der Waals surface area contributed by atoms with Crippen LogP contribution in [0.15, 0.2) is 0 Å². The normalized spacial score (nSPS) is 24.4. The molecule has 3 fully saturated rings. The number of nitrogens with zero attached hydrogens (tertiary/aromatic N) is 1. The van der Waals surface area contributed by atoms with E-state index in [1.165, 1.54) is 0 Å². The van der Waals surface area contributed by atoms with Crippen molar-refractivity contribution in [2.45, 2.75) is 69.6 Å². The van der Waals surface area contributed by atoms with Crippen molar-refractivity contribution in [1.82, 2.24) is 15.5 Å². The third-order valence-corrected chi connectivity index (χ3v) is 5.66. The number of hydrogen-bond donors (Lipinski definition) is 2. The number of carbonyl (C=O) groups is 2. The van der Waals surface area contributed by atoms with E-state index in [0.29, 0.717) is 45.7 Å². The van der Waals surface area contributed by atoms with Crippen LogP contribution in [-0.2, 0) is 14.3 Å². The molecule has 1 saturated carbocycles. The number of unbranched alkanes of at least 4 members (excludes halogenated alkanes) is 1. The molecule has 7 heteroatoms. The Kier molecular flexibility index (Phi) is 5.84. The van der Waals surface area contributed by atoms with Crippen LogP contribution in [0.25, 0.3) is 0 Å². The lowest BCUT2D eigenvalue weighted by atomic mass is 9.93. The van der Waals surface area contributed by atoms with E-state index in [0.717, 1.165) is 38.5 Å². The second-order valence-corrected chi connectivity index (χ2v) is 7.42. The molecule has 2 aliphatic heterocycles. The fraction of sp³-hybridized carbons (Fsp3) is 0.889. The number of likely N-dealkylation sites (tertiary alicyclic amines) is 1. The van der Waals surface area contributed by atoms with Crippen LogP contribution < -0.4 is 10.6 Å². The summed E-state index contributed by atoms with van der Waals surface area (Å²) in [6, 6.07) is -0.223. The fourth-order valence-electron chi connectivity index (χ4n) is 4.15. The van der Waals surface area contributed by atoms with Crippen molar-refractivity contribution in [2.24, 2.45) is 0 Å². The van der Waals surface area contributed by atoms with Gasteiger partial charge < -0.3 is 25.0 Å². The number of rotatable bonds is 5. The van der Waals surface area contributed by atoms with Gasteiger partial charge in [0, 0.05) is 32.5 Å². The monoisotopic (exact) mass is 353 g/mol. The SMILES string of the molecule is CCCCNC(=O)NC1(C(=O)N2CCC3(CC2)OCCO3)CCCC1. The molecule has 3 aliphatic rings. The first-order chi connectivity index (χ1) is 12.1. The molecule has 3 rings (SSSR count). The summed E-state index contributed by atoms with van der Waals surface area (Å²) >= 11 is 0. The maximum atomic E-state index is 13.2. The predicted octanol–water partition coefficient (Wildman–Crippen LogP) is 1.76. The lowest BCUT2D eigenvalue weighted by Crippen LogP contribution is -2.62. The lowest BCUT2D eigenvalue weighted by Gasteiger charge is -2.41. The summed E-state index contributed by atoms with van der Waals surface area (Å²) < 4.78 is 11.5. The molecular formula is C18H31N3O4. The minimum absolute atomic E-state index is 0.0588. The van der Waals surface area contributed by atoms with Gasteiger partial charge in [0.1, 0.15) is 5.54 Å². The molecule has 2 N–H and O–H groups in total. The van der Waals surface area contributed by atoms with Crippen molar-refractivity contribution in [1.29, 1.82) is 0 Å². The topological polar surface area (TPSA) is 79.9 Å². The Hall–Kier alpha value is -1.34. The molecule has 0 radical (unpaired) electrons. The predicted molar refractivity (Wildman–Crippen MR) is 93.1 cm³/mol. The quantitative estimate of drug-likeness (QED) is 0.738. The van der Waals surface area contributed by atoms with Crippen LogP contribution in [0.5, 0.6) is 0 Å². The molecule has 7 nitrogen and oxygen atoms in total. The Morgan fingerprint density at radius 2 is 1.68 bits per heavy atom. The van der Waals surface area contributed by atoms with Crippen LogP contribution in [0.1, 0.15) is 58.3 Å².